The summed E-state index contributed by atoms with van der Waals surface area (Å²) in [6.07, 6.45) is 1.55. The van der Waals surface area contributed by atoms with Crippen LogP contribution in [0.5, 0.6) is 0 Å². The van der Waals surface area contributed by atoms with Gasteiger partial charge in [0, 0.05) is 23.0 Å². The number of carbonyl (C=O) groups excluding carboxylic acids is 1. The van der Waals surface area contributed by atoms with Crippen LogP contribution in [0.1, 0.15) is 48.1 Å². The molecule has 0 spiro atoms. The number of benzene rings is 2. The number of piperidine rings is 1. The van der Waals surface area contributed by atoms with Crippen molar-refractivity contribution >= 4 is 17.5 Å². The van der Waals surface area contributed by atoms with Crippen molar-refractivity contribution < 1.29 is 9.18 Å². The van der Waals surface area contributed by atoms with Crippen LogP contribution in [0, 0.1) is 25.6 Å². The van der Waals surface area contributed by atoms with Crippen LogP contribution in [-0.4, -0.2) is 23.9 Å². The molecule has 150 valence electrons. The van der Waals surface area contributed by atoms with Gasteiger partial charge in [-0.25, -0.2) is 4.39 Å². The number of amides is 1. The van der Waals surface area contributed by atoms with Crippen molar-refractivity contribution in [3.05, 3.63) is 69.5 Å². The predicted octanol–water partition coefficient (Wildman–Crippen LogP) is 5.19. The second-order valence-electron chi connectivity index (χ2n) is 7.82. The fourth-order valence-electron chi connectivity index (χ4n) is 3.71. The topological polar surface area (TPSA) is 32.3 Å². The first-order chi connectivity index (χ1) is 13.3. The first kappa shape index (κ1) is 20.8. The van der Waals surface area contributed by atoms with Crippen LogP contribution in [0.4, 0.5) is 4.39 Å². The molecular formula is C23H28ClFN2O. The Labute approximate surface area is 171 Å². The summed E-state index contributed by atoms with van der Waals surface area (Å²) in [5.41, 5.74) is 4.15. The highest BCUT2D eigenvalue weighted by molar-refractivity contribution is 6.31. The summed E-state index contributed by atoms with van der Waals surface area (Å²) >= 11 is 6.13. The Bertz CT molecular complexity index is 826. The summed E-state index contributed by atoms with van der Waals surface area (Å²) in [4.78, 5) is 14.9. The Morgan fingerprint density at radius 2 is 1.93 bits per heavy atom. The van der Waals surface area contributed by atoms with Crippen molar-refractivity contribution in [3.8, 4) is 0 Å². The normalized spacial score (nSPS) is 16.8. The number of nitrogens with one attached hydrogen (secondary N) is 1. The van der Waals surface area contributed by atoms with Gasteiger partial charge >= 0.3 is 0 Å². The second-order valence-corrected chi connectivity index (χ2v) is 8.23. The summed E-state index contributed by atoms with van der Waals surface area (Å²) in [5.74, 6) is -0.162. The molecule has 5 heteroatoms. The average Bonchev–Trinajstić information content (AvgIpc) is 2.67. The van der Waals surface area contributed by atoms with Crippen LogP contribution in [0.2, 0.25) is 5.02 Å². The van der Waals surface area contributed by atoms with Crippen LogP contribution in [0.3, 0.4) is 0 Å². The van der Waals surface area contributed by atoms with Crippen LogP contribution < -0.4 is 5.32 Å². The molecule has 0 bridgehead atoms. The van der Waals surface area contributed by atoms with Gasteiger partial charge < -0.3 is 5.32 Å². The van der Waals surface area contributed by atoms with E-state index in [-0.39, 0.29) is 23.7 Å². The Kier molecular flexibility index (Phi) is 6.73. The van der Waals surface area contributed by atoms with Crippen molar-refractivity contribution in [2.75, 3.05) is 13.1 Å². The lowest BCUT2D eigenvalue weighted by Gasteiger charge is -2.32. The molecule has 1 aliphatic heterocycles. The van der Waals surface area contributed by atoms with E-state index in [1.807, 2.05) is 6.92 Å². The number of nitrogens with zero attached hydrogens (tertiary/aromatic N) is 1. The fourth-order valence-corrected chi connectivity index (χ4v) is 3.93. The van der Waals surface area contributed by atoms with E-state index in [0.717, 1.165) is 31.5 Å². The maximum Gasteiger partial charge on any atom is 0.223 e. The van der Waals surface area contributed by atoms with E-state index in [1.54, 1.807) is 12.1 Å². The molecule has 0 unspecified atom stereocenters. The molecule has 1 heterocycles. The minimum atomic E-state index is -0.269. The number of likely N-dealkylation sites (tertiary alicyclic amines) is 1. The molecule has 0 radical (unpaired) electrons. The highest BCUT2D eigenvalue weighted by Crippen LogP contribution is 2.25. The molecule has 0 saturated carbocycles. The number of aryl methyl sites for hydroxylation is 2. The molecule has 1 aliphatic rings. The summed E-state index contributed by atoms with van der Waals surface area (Å²) in [7, 11) is 0. The van der Waals surface area contributed by atoms with Crippen molar-refractivity contribution in [2.45, 2.75) is 46.2 Å². The van der Waals surface area contributed by atoms with Gasteiger partial charge in [0.05, 0.1) is 6.04 Å². The van der Waals surface area contributed by atoms with Crippen molar-refractivity contribution in [1.82, 2.24) is 10.2 Å². The number of hydrogen-bond donors (Lipinski definition) is 1. The van der Waals surface area contributed by atoms with Gasteiger partial charge in [0.2, 0.25) is 5.91 Å². The Balaban J connectivity index is 1.53. The molecule has 2 aromatic carbocycles. The molecule has 1 atom stereocenters. The predicted molar refractivity (Wildman–Crippen MR) is 112 cm³/mol. The van der Waals surface area contributed by atoms with Gasteiger partial charge in [-0.2, -0.15) is 0 Å². The number of hydrogen-bond acceptors (Lipinski definition) is 2. The van der Waals surface area contributed by atoms with Gasteiger partial charge in [-0.05, 0) is 75.5 Å². The lowest BCUT2D eigenvalue weighted by atomic mass is 9.94. The summed E-state index contributed by atoms with van der Waals surface area (Å²) in [5, 5.41) is 3.62. The van der Waals surface area contributed by atoms with E-state index in [1.165, 1.54) is 17.2 Å². The maximum absolute atomic E-state index is 14.0. The largest absolute Gasteiger partial charge is 0.349 e. The molecule has 1 saturated heterocycles. The molecule has 3 nitrogen and oxygen atoms in total. The minimum absolute atomic E-state index is 0.00124. The first-order valence-electron chi connectivity index (χ1n) is 9.88. The van der Waals surface area contributed by atoms with Gasteiger partial charge in [0.25, 0.3) is 0 Å². The molecule has 28 heavy (non-hydrogen) atoms. The van der Waals surface area contributed by atoms with E-state index >= 15 is 0 Å². The third-order valence-corrected chi connectivity index (χ3v) is 6.15. The standard InChI is InChI=1S/C23H28ClFN2O/c1-15-7-8-19(13-16(15)2)17(3)26-23(28)18-9-11-27(12-10-18)14-20-21(24)5-4-6-22(20)25/h4-8,13,17-18H,9-12,14H2,1-3H3,(H,26,28)/t17-/m1/s1. The zero-order valence-electron chi connectivity index (χ0n) is 16.8. The Morgan fingerprint density at radius 1 is 1.21 bits per heavy atom. The van der Waals surface area contributed by atoms with Crippen molar-refractivity contribution in [2.24, 2.45) is 5.92 Å². The second kappa shape index (κ2) is 9.06. The smallest absolute Gasteiger partial charge is 0.223 e. The average molecular weight is 403 g/mol. The Hall–Kier alpha value is -1.91. The molecule has 0 aromatic heterocycles. The number of rotatable bonds is 5. The maximum atomic E-state index is 14.0. The van der Waals surface area contributed by atoms with Crippen LogP contribution >= 0.6 is 11.6 Å². The van der Waals surface area contributed by atoms with Gasteiger partial charge in [0.15, 0.2) is 0 Å². The molecule has 0 aliphatic carbocycles. The number of carbonyl (C=O) groups is 1. The molecule has 3 rings (SSSR count). The minimum Gasteiger partial charge on any atom is -0.349 e. The summed E-state index contributed by atoms with van der Waals surface area (Å²) in [6, 6.07) is 11.1. The highest BCUT2D eigenvalue weighted by atomic mass is 35.5. The van der Waals surface area contributed by atoms with Crippen LogP contribution in [-0.2, 0) is 11.3 Å². The van der Waals surface area contributed by atoms with Crippen molar-refractivity contribution in [3.63, 3.8) is 0 Å². The van der Waals surface area contributed by atoms with Crippen LogP contribution in [0.15, 0.2) is 36.4 Å². The van der Waals surface area contributed by atoms with Gasteiger partial charge in [0.1, 0.15) is 5.82 Å². The SMILES string of the molecule is Cc1ccc([C@@H](C)NC(=O)C2CCN(Cc3c(F)cccc3Cl)CC2)cc1C. The number of halogens is 2. The third kappa shape index (κ3) is 4.92. The summed E-state index contributed by atoms with van der Waals surface area (Å²) < 4.78 is 14.0. The summed E-state index contributed by atoms with van der Waals surface area (Å²) in [6.45, 7) is 8.22. The zero-order chi connectivity index (χ0) is 20.3. The monoisotopic (exact) mass is 402 g/mol. The molecule has 2 aromatic rings. The molecule has 1 N–H and O–H groups in total. The van der Waals surface area contributed by atoms with Gasteiger partial charge in [-0.1, -0.05) is 35.9 Å². The van der Waals surface area contributed by atoms with E-state index in [4.69, 9.17) is 11.6 Å². The van der Waals surface area contributed by atoms with Gasteiger partial charge in [-0.15, -0.1) is 0 Å². The fraction of sp³-hybridized carbons (Fsp3) is 0.435. The quantitative estimate of drug-likeness (QED) is 0.746. The molecule has 1 amide bonds. The lowest BCUT2D eigenvalue weighted by molar-refractivity contribution is -0.127. The molecular weight excluding hydrogens is 375 g/mol. The first-order valence-corrected chi connectivity index (χ1v) is 10.3. The van der Waals surface area contributed by atoms with E-state index in [9.17, 15) is 9.18 Å². The van der Waals surface area contributed by atoms with Crippen LogP contribution in [0.25, 0.3) is 0 Å². The lowest BCUT2D eigenvalue weighted by Crippen LogP contribution is -2.41. The Morgan fingerprint density at radius 3 is 2.57 bits per heavy atom. The third-order valence-electron chi connectivity index (χ3n) is 5.79. The van der Waals surface area contributed by atoms with Gasteiger partial charge in [-0.3, -0.25) is 9.69 Å². The van der Waals surface area contributed by atoms with E-state index in [2.05, 4.69) is 42.3 Å². The highest BCUT2D eigenvalue weighted by Gasteiger charge is 2.26. The van der Waals surface area contributed by atoms with E-state index < -0.39 is 0 Å². The molecule has 1 fully saturated rings. The zero-order valence-corrected chi connectivity index (χ0v) is 17.5. The van der Waals surface area contributed by atoms with Crippen molar-refractivity contribution in [1.29, 1.82) is 0 Å². The van der Waals surface area contributed by atoms with E-state index in [0.29, 0.717) is 17.1 Å².